The van der Waals surface area contributed by atoms with Crippen LogP contribution in [0.3, 0.4) is 0 Å². The molecule has 0 aromatic heterocycles. The summed E-state index contributed by atoms with van der Waals surface area (Å²) in [6, 6.07) is 0.404. The first kappa shape index (κ1) is 14.3. The van der Waals surface area contributed by atoms with Crippen molar-refractivity contribution in [2.45, 2.75) is 72.4 Å². The minimum atomic E-state index is -0.148. The molecular formula is C16H31NO. The lowest BCUT2D eigenvalue weighted by Crippen LogP contribution is -2.51. The van der Waals surface area contributed by atoms with Crippen LogP contribution < -0.4 is 0 Å². The summed E-state index contributed by atoms with van der Waals surface area (Å²) in [6.07, 6.45) is 4.77. The van der Waals surface area contributed by atoms with Gasteiger partial charge < -0.3 is 5.11 Å². The smallest absolute Gasteiger partial charge is 0.0746 e. The van der Waals surface area contributed by atoms with Crippen LogP contribution in [0.2, 0.25) is 0 Å². The summed E-state index contributed by atoms with van der Waals surface area (Å²) in [5.74, 6) is 0.787. The number of hydrogen-bond donors (Lipinski definition) is 1. The monoisotopic (exact) mass is 253 g/mol. The van der Waals surface area contributed by atoms with Gasteiger partial charge in [-0.05, 0) is 42.6 Å². The molecule has 2 heteroatoms. The molecule has 1 heterocycles. The Labute approximate surface area is 113 Å². The van der Waals surface area contributed by atoms with Crippen molar-refractivity contribution in [3.63, 3.8) is 0 Å². The van der Waals surface area contributed by atoms with Crippen LogP contribution in [-0.2, 0) is 0 Å². The van der Waals surface area contributed by atoms with Gasteiger partial charge in [-0.1, -0.05) is 41.0 Å². The standard InChI is InChI=1S/C16H31NO/c1-15(2,3)12-8-10-17(11-12)13-7-6-9-16(4,5)14(13)18/h12-14,18H,6-11H2,1-5H3. The Bertz CT molecular complexity index is 292. The highest BCUT2D eigenvalue weighted by molar-refractivity contribution is 4.96. The molecule has 0 amide bonds. The van der Waals surface area contributed by atoms with Crippen molar-refractivity contribution < 1.29 is 5.11 Å². The lowest BCUT2D eigenvalue weighted by Gasteiger charge is -2.45. The predicted molar refractivity (Wildman–Crippen MR) is 76.6 cm³/mol. The number of aliphatic hydroxyl groups excluding tert-OH is 1. The molecule has 1 saturated carbocycles. The topological polar surface area (TPSA) is 23.5 Å². The maximum Gasteiger partial charge on any atom is 0.0746 e. The molecule has 1 N–H and O–H groups in total. The molecule has 0 aromatic rings. The van der Waals surface area contributed by atoms with Crippen LogP contribution >= 0.6 is 0 Å². The molecule has 1 aliphatic carbocycles. The van der Waals surface area contributed by atoms with E-state index in [4.69, 9.17) is 0 Å². The third-order valence-electron chi connectivity index (χ3n) is 5.40. The molecule has 1 saturated heterocycles. The van der Waals surface area contributed by atoms with Crippen molar-refractivity contribution in [2.75, 3.05) is 13.1 Å². The summed E-state index contributed by atoms with van der Waals surface area (Å²) in [6.45, 7) is 13.9. The van der Waals surface area contributed by atoms with E-state index in [9.17, 15) is 5.11 Å². The lowest BCUT2D eigenvalue weighted by atomic mass is 9.72. The Morgan fingerprint density at radius 2 is 1.83 bits per heavy atom. The molecule has 0 radical (unpaired) electrons. The second kappa shape index (κ2) is 4.79. The second-order valence-corrected chi connectivity index (χ2v) is 8.24. The number of nitrogens with zero attached hydrogens (tertiary/aromatic N) is 1. The quantitative estimate of drug-likeness (QED) is 0.775. The average molecular weight is 253 g/mol. The summed E-state index contributed by atoms with van der Waals surface area (Å²) in [5, 5.41) is 10.6. The fraction of sp³-hybridized carbons (Fsp3) is 1.00. The van der Waals surface area contributed by atoms with Crippen LogP contribution in [0.15, 0.2) is 0 Å². The molecule has 0 aromatic carbocycles. The fourth-order valence-corrected chi connectivity index (χ4v) is 3.77. The van der Waals surface area contributed by atoms with Gasteiger partial charge in [-0.25, -0.2) is 0 Å². The normalized spacial score (nSPS) is 38.0. The Kier molecular flexibility index (Phi) is 3.81. The highest BCUT2D eigenvalue weighted by Crippen LogP contribution is 2.41. The van der Waals surface area contributed by atoms with Gasteiger partial charge in [0.05, 0.1) is 6.10 Å². The SMILES string of the molecule is CC(C)(C)C1CCN(C2CCCC(C)(C)C2O)C1. The highest BCUT2D eigenvalue weighted by Gasteiger charge is 2.43. The molecule has 3 unspecified atom stereocenters. The van der Waals surface area contributed by atoms with Crippen LogP contribution in [0.5, 0.6) is 0 Å². The summed E-state index contributed by atoms with van der Waals surface area (Å²) >= 11 is 0. The Hall–Kier alpha value is -0.0800. The van der Waals surface area contributed by atoms with Gasteiger partial charge in [0.1, 0.15) is 0 Å². The van der Waals surface area contributed by atoms with E-state index in [1.807, 2.05) is 0 Å². The van der Waals surface area contributed by atoms with Gasteiger partial charge in [0.2, 0.25) is 0 Å². The van der Waals surface area contributed by atoms with Crippen LogP contribution in [-0.4, -0.2) is 35.2 Å². The van der Waals surface area contributed by atoms with E-state index in [1.165, 1.54) is 38.8 Å². The minimum absolute atomic E-state index is 0.0999. The van der Waals surface area contributed by atoms with Crippen LogP contribution in [0.1, 0.15) is 60.3 Å². The van der Waals surface area contributed by atoms with Crippen LogP contribution in [0.25, 0.3) is 0 Å². The average Bonchev–Trinajstić information content (AvgIpc) is 2.70. The first-order valence-electron chi connectivity index (χ1n) is 7.64. The molecule has 0 spiro atoms. The molecule has 0 bridgehead atoms. The van der Waals surface area contributed by atoms with E-state index < -0.39 is 0 Å². The van der Waals surface area contributed by atoms with Gasteiger partial charge in [-0.2, -0.15) is 0 Å². The largest absolute Gasteiger partial charge is 0.391 e. The molecule has 2 aliphatic rings. The molecule has 2 rings (SSSR count). The third kappa shape index (κ3) is 2.75. The fourth-order valence-electron chi connectivity index (χ4n) is 3.77. The zero-order chi connectivity index (χ0) is 13.6. The van der Waals surface area contributed by atoms with Crippen molar-refractivity contribution in [1.29, 1.82) is 0 Å². The highest BCUT2D eigenvalue weighted by atomic mass is 16.3. The molecule has 2 fully saturated rings. The molecule has 3 atom stereocenters. The van der Waals surface area contributed by atoms with Crippen LogP contribution in [0.4, 0.5) is 0 Å². The zero-order valence-corrected chi connectivity index (χ0v) is 12.9. The Balaban J connectivity index is 2.01. The van der Waals surface area contributed by atoms with Crippen molar-refractivity contribution >= 4 is 0 Å². The van der Waals surface area contributed by atoms with E-state index in [1.54, 1.807) is 0 Å². The van der Waals surface area contributed by atoms with Gasteiger partial charge in [0, 0.05) is 12.6 Å². The first-order valence-corrected chi connectivity index (χ1v) is 7.64. The molecule has 106 valence electrons. The van der Waals surface area contributed by atoms with Gasteiger partial charge in [0.15, 0.2) is 0 Å². The second-order valence-electron chi connectivity index (χ2n) is 8.24. The zero-order valence-electron chi connectivity index (χ0n) is 12.9. The van der Waals surface area contributed by atoms with E-state index in [0.717, 1.165) is 5.92 Å². The number of likely N-dealkylation sites (tertiary alicyclic amines) is 1. The predicted octanol–water partition coefficient (Wildman–Crippen LogP) is 3.29. The summed E-state index contributed by atoms with van der Waals surface area (Å²) in [4.78, 5) is 2.57. The summed E-state index contributed by atoms with van der Waals surface area (Å²) in [7, 11) is 0. The van der Waals surface area contributed by atoms with E-state index >= 15 is 0 Å². The molecule has 18 heavy (non-hydrogen) atoms. The maximum atomic E-state index is 10.6. The number of rotatable bonds is 1. The lowest BCUT2D eigenvalue weighted by molar-refractivity contribution is -0.0530. The molecular weight excluding hydrogens is 222 g/mol. The molecule has 1 aliphatic heterocycles. The van der Waals surface area contributed by atoms with E-state index in [-0.39, 0.29) is 11.5 Å². The summed E-state index contributed by atoms with van der Waals surface area (Å²) < 4.78 is 0. The van der Waals surface area contributed by atoms with Gasteiger partial charge in [0.25, 0.3) is 0 Å². The third-order valence-corrected chi connectivity index (χ3v) is 5.40. The van der Waals surface area contributed by atoms with Crippen molar-refractivity contribution in [2.24, 2.45) is 16.7 Å². The van der Waals surface area contributed by atoms with Gasteiger partial charge in [-0.3, -0.25) is 4.90 Å². The Morgan fingerprint density at radius 1 is 1.17 bits per heavy atom. The molecule has 2 nitrogen and oxygen atoms in total. The van der Waals surface area contributed by atoms with E-state index in [2.05, 4.69) is 39.5 Å². The maximum absolute atomic E-state index is 10.6. The van der Waals surface area contributed by atoms with Gasteiger partial charge >= 0.3 is 0 Å². The summed E-state index contributed by atoms with van der Waals surface area (Å²) in [5.41, 5.74) is 0.507. The van der Waals surface area contributed by atoms with Crippen LogP contribution in [0, 0.1) is 16.7 Å². The number of aliphatic hydroxyl groups is 1. The van der Waals surface area contributed by atoms with Crippen molar-refractivity contribution in [3.05, 3.63) is 0 Å². The minimum Gasteiger partial charge on any atom is -0.391 e. The Morgan fingerprint density at radius 3 is 2.39 bits per heavy atom. The first-order chi connectivity index (χ1) is 8.22. The number of hydrogen-bond acceptors (Lipinski definition) is 2. The van der Waals surface area contributed by atoms with Gasteiger partial charge in [-0.15, -0.1) is 0 Å². The van der Waals surface area contributed by atoms with E-state index in [0.29, 0.717) is 11.5 Å². The van der Waals surface area contributed by atoms with Crippen molar-refractivity contribution in [1.82, 2.24) is 4.90 Å². The van der Waals surface area contributed by atoms with Crippen molar-refractivity contribution in [3.8, 4) is 0 Å².